The summed E-state index contributed by atoms with van der Waals surface area (Å²) in [4.78, 5) is 10.4. The van der Waals surface area contributed by atoms with E-state index in [-0.39, 0.29) is 18.8 Å². The van der Waals surface area contributed by atoms with Crippen LogP contribution >= 0.6 is 0 Å². The Balaban J connectivity index is 2.77. The Hall–Kier alpha value is -1.53. The summed E-state index contributed by atoms with van der Waals surface area (Å²) in [6.45, 7) is 2.70. The molecule has 0 aromatic carbocycles. The molecular weight excluding hydrogens is 191 g/mol. The van der Waals surface area contributed by atoms with Crippen molar-refractivity contribution in [1.29, 1.82) is 0 Å². The Morgan fingerprint density at radius 3 is 2.79 bits per heavy atom. The molecule has 1 N–H and O–H groups in total. The summed E-state index contributed by atoms with van der Waals surface area (Å²) < 4.78 is 14.4. The maximum atomic E-state index is 13.2. The van der Waals surface area contributed by atoms with E-state index in [0.717, 1.165) is 4.68 Å². The van der Waals surface area contributed by atoms with Crippen molar-refractivity contribution in [1.82, 2.24) is 20.2 Å². The molecule has 0 bridgehead atoms. The summed E-state index contributed by atoms with van der Waals surface area (Å²) >= 11 is 0. The molecule has 14 heavy (non-hydrogen) atoms. The van der Waals surface area contributed by atoms with Gasteiger partial charge in [0.1, 0.15) is 12.1 Å². The zero-order valence-corrected chi connectivity index (χ0v) is 7.94. The predicted octanol–water partition coefficient (Wildman–Crippen LogP) is 0.0483. The van der Waals surface area contributed by atoms with Crippen LogP contribution in [-0.2, 0) is 17.8 Å². The van der Waals surface area contributed by atoms with Gasteiger partial charge in [0, 0.05) is 0 Å². The number of rotatable bonds is 4. The van der Waals surface area contributed by atoms with Crippen molar-refractivity contribution in [2.45, 2.75) is 32.5 Å². The molecule has 0 fully saturated rings. The average Bonchev–Trinajstić information content (AvgIpc) is 2.32. The van der Waals surface area contributed by atoms with Crippen LogP contribution < -0.4 is 0 Å². The quantitative estimate of drug-likeness (QED) is 0.746. The highest BCUT2D eigenvalue weighted by molar-refractivity contribution is 5.68. The lowest BCUT2D eigenvalue weighted by Crippen LogP contribution is -2.24. The number of hydrogen-bond acceptors (Lipinski definition) is 4. The van der Waals surface area contributed by atoms with E-state index in [0.29, 0.717) is 0 Å². The summed E-state index contributed by atoms with van der Waals surface area (Å²) in [5.41, 5.74) is -1.47. The first-order valence-corrected chi connectivity index (χ1v) is 4.04. The third-order valence-electron chi connectivity index (χ3n) is 1.44. The molecule has 0 saturated heterocycles. The molecular formula is C7H11FN4O2. The van der Waals surface area contributed by atoms with Gasteiger partial charge in [-0.05, 0) is 24.3 Å². The summed E-state index contributed by atoms with van der Waals surface area (Å²) in [7, 11) is 0. The Morgan fingerprint density at radius 2 is 2.29 bits per heavy atom. The summed E-state index contributed by atoms with van der Waals surface area (Å²) in [6, 6.07) is 0. The molecule has 7 heteroatoms. The second kappa shape index (κ2) is 3.69. The Bertz CT molecular complexity index is 331. The van der Waals surface area contributed by atoms with Crippen molar-refractivity contribution >= 4 is 5.97 Å². The monoisotopic (exact) mass is 202 g/mol. The minimum atomic E-state index is -1.47. The molecule has 1 rings (SSSR count). The number of carboxylic acids is 1. The van der Waals surface area contributed by atoms with E-state index < -0.39 is 11.6 Å². The van der Waals surface area contributed by atoms with Crippen molar-refractivity contribution in [3.8, 4) is 0 Å². The number of aliphatic carboxylic acids is 1. The van der Waals surface area contributed by atoms with Gasteiger partial charge in [0.25, 0.3) is 0 Å². The number of alkyl halides is 1. The lowest BCUT2D eigenvalue weighted by Gasteiger charge is -2.13. The highest BCUT2D eigenvalue weighted by atomic mass is 19.1. The highest BCUT2D eigenvalue weighted by Crippen LogP contribution is 2.11. The largest absolute Gasteiger partial charge is 0.481 e. The van der Waals surface area contributed by atoms with Gasteiger partial charge < -0.3 is 5.11 Å². The van der Waals surface area contributed by atoms with E-state index in [1.165, 1.54) is 13.8 Å². The highest BCUT2D eigenvalue weighted by Gasteiger charge is 2.20. The van der Waals surface area contributed by atoms with Crippen LogP contribution in [0.15, 0.2) is 0 Å². The third-order valence-corrected chi connectivity index (χ3v) is 1.44. The van der Waals surface area contributed by atoms with Crippen LogP contribution in [0.5, 0.6) is 0 Å². The van der Waals surface area contributed by atoms with Crippen LogP contribution in [0, 0.1) is 0 Å². The van der Waals surface area contributed by atoms with Gasteiger partial charge in [-0.1, -0.05) is 0 Å². The minimum absolute atomic E-state index is 0.0530. The van der Waals surface area contributed by atoms with Crippen molar-refractivity contribution in [2.75, 3.05) is 0 Å². The number of carbonyl (C=O) groups is 1. The molecule has 0 atom stereocenters. The molecule has 0 saturated carbocycles. The van der Waals surface area contributed by atoms with Gasteiger partial charge >= 0.3 is 5.97 Å². The van der Waals surface area contributed by atoms with Gasteiger partial charge in [0.15, 0.2) is 5.82 Å². The molecule has 1 aromatic heterocycles. The fraction of sp³-hybridized carbons (Fsp3) is 0.714. The summed E-state index contributed by atoms with van der Waals surface area (Å²) in [5, 5.41) is 18.8. The van der Waals surface area contributed by atoms with Gasteiger partial charge in [-0.2, -0.15) is 0 Å². The van der Waals surface area contributed by atoms with Crippen LogP contribution in [0.25, 0.3) is 0 Å². The molecule has 0 spiro atoms. The third kappa shape index (κ3) is 3.08. The Morgan fingerprint density at radius 1 is 1.64 bits per heavy atom. The standard InChI is InChI=1S/C7H11FN4O2/c1-7(2,8)4-12-5(3-6(13)14)9-10-11-12/h3-4H2,1-2H3,(H,13,14). The van der Waals surface area contributed by atoms with Crippen LogP contribution in [0.2, 0.25) is 0 Å². The zero-order valence-electron chi connectivity index (χ0n) is 7.94. The first-order chi connectivity index (χ1) is 6.38. The van der Waals surface area contributed by atoms with Crippen LogP contribution in [0.1, 0.15) is 19.7 Å². The number of aromatic nitrogens is 4. The van der Waals surface area contributed by atoms with E-state index in [2.05, 4.69) is 15.5 Å². The first kappa shape index (κ1) is 10.6. The number of halogens is 1. The molecule has 0 radical (unpaired) electrons. The second-order valence-electron chi connectivity index (χ2n) is 3.54. The molecule has 6 nitrogen and oxygen atoms in total. The van der Waals surface area contributed by atoms with Crippen molar-refractivity contribution in [3.05, 3.63) is 5.82 Å². The summed E-state index contributed by atoms with van der Waals surface area (Å²) in [5.74, 6) is -0.888. The second-order valence-corrected chi connectivity index (χ2v) is 3.54. The van der Waals surface area contributed by atoms with Gasteiger partial charge in [-0.25, -0.2) is 9.07 Å². The Kier molecular flexibility index (Phi) is 2.78. The maximum Gasteiger partial charge on any atom is 0.311 e. The van der Waals surface area contributed by atoms with Crippen molar-refractivity contribution < 1.29 is 14.3 Å². The lowest BCUT2D eigenvalue weighted by atomic mass is 10.2. The molecule has 0 aliphatic carbocycles. The molecule has 1 aromatic rings. The van der Waals surface area contributed by atoms with Gasteiger partial charge in [-0.3, -0.25) is 4.79 Å². The molecule has 78 valence electrons. The number of carboxylic acid groups (broad SMARTS) is 1. The zero-order chi connectivity index (χ0) is 10.8. The molecule has 1 heterocycles. The predicted molar refractivity (Wildman–Crippen MR) is 44.3 cm³/mol. The molecule has 0 aliphatic rings. The topological polar surface area (TPSA) is 80.9 Å². The first-order valence-electron chi connectivity index (χ1n) is 4.04. The van der Waals surface area contributed by atoms with E-state index in [4.69, 9.17) is 5.11 Å². The number of hydrogen-bond donors (Lipinski definition) is 1. The van der Waals surface area contributed by atoms with Crippen LogP contribution in [0.3, 0.4) is 0 Å². The van der Waals surface area contributed by atoms with Gasteiger partial charge in [0.05, 0.1) is 6.54 Å². The SMILES string of the molecule is CC(C)(F)Cn1nnnc1CC(=O)O. The normalized spacial score (nSPS) is 11.6. The molecule has 0 aliphatic heterocycles. The van der Waals surface area contributed by atoms with Crippen LogP contribution in [-0.4, -0.2) is 37.0 Å². The fourth-order valence-electron chi connectivity index (χ4n) is 0.964. The van der Waals surface area contributed by atoms with E-state index >= 15 is 0 Å². The molecule has 0 unspecified atom stereocenters. The van der Waals surface area contributed by atoms with E-state index in [1.54, 1.807) is 0 Å². The van der Waals surface area contributed by atoms with Crippen molar-refractivity contribution in [2.24, 2.45) is 0 Å². The van der Waals surface area contributed by atoms with Gasteiger partial charge in [0.2, 0.25) is 0 Å². The smallest absolute Gasteiger partial charge is 0.311 e. The minimum Gasteiger partial charge on any atom is -0.481 e. The van der Waals surface area contributed by atoms with Gasteiger partial charge in [-0.15, -0.1) is 5.10 Å². The molecule has 0 amide bonds. The van der Waals surface area contributed by atoms with Crippen molar-refractivity contribution in [3.63, 3.8) is 0 Å². The number of tetrazole rings is 1. The van der Waals surface area contributed by atoms with E-state index in [9.17, 15) is 9.18 Å². The van der Waals surface area contributed by atoms with E-state index in [1.807, 2.05) is 0 Å². The number of nitrogens with zero attached hydrogens (tertiary/aromatic N) is 4. The lowest BCUT2D eigenvalue weighted by molar-refractivity contribution is -0.136. The fourth-order valence-corrected chi connectivity index (χ4v) is 0.964. The van der Waals surface area contributed by atoms with Crippen LogP contribution in [0.4, 0.5) is 4.39 Å². The Labute approximate surface area is 79.7 Å². The summed E-state index contributed by atoms with van der Waals surface area (Å²) in [6.07, 6.45) is -0.303. The maximum absolute atomic E-state index is 13.2. The average molecular weight is 202 g/mol.